The molecule has 1 amide bonds. The Morgan fingerprint density at radius 1 is 1.52 bits per heavy atom. The van der Waals surface area contributed by atoms with Gasteiger partial charge in [0, 0.05) is 23.3 Å². The van der Waals surface area contributed by atoms with E-state index in [1.807, 2.05) is 17.0 Å². The fraction of sp³-hybridized carbons (Fsp3) is 0.500. The van der Waals surface area contributed by atoms with Crippen LogP contribution in [0.5, 0.6) is 0 Å². The van der Waals surface area contributed by atoms with Gasteiger partial charge >= 0.3 is 0 Å². The van der Waals surface area contributed by atoms with Gasteiger partial charge in [-0.05, 0) is 37.5 Å². The van der Waals surface area contributed by atoms with Crippen LogP contribution in [-0.4, -0.2) is 41.6 Å². The van der Waals surface area contributed by atoms with E-state index in [9.17, 15) is 4.79 Å². The van der Waals surface area contributed by atoms with Gasteiger partial charge in [-0.1, -0.05) is 15.9 Å². The molecular weight excluding hydrogens is 376 g/mol. The molecule has 7 heteroatoms. The lowest BCUT2D eigenvalue weighted by Gasteiger charge is -2.19. The number of rotatable bonds is 7. The molecule has 1 saturated heterocycles. The molecule has 1 aromatic rings. The first-order chi connectivity index (χ1) is 11.1. The van der Waals surface area contributed by atoms with Gasteiger partial charge in [0.15, 0.2) is 0 Å². The van der Waals surface area contributed by atoms with Gasteiger partial charge in [-0.3, -0.25) is 4.79 Å². The molecule has 2 rings (SSSR count). The van der Waals surface area contributed by atoms with Gasteiger partial charge in [0.2, 0.25) is 5.91 Å². The molecule has 1 aromatic carbocycles. The van der Waals surface area contributed by atoms with Gasteiger partial charge in [0.1, 0.15) is 6.07 Å². The van der Waals surface area contributed by atoms with Gasteiger partial charge in [-0.25, -0.2) is 0 Å². The summed E-state index contributed by atoms with van der Waals surface area (Å²) in [7, 11) is 0. The summed E-state index contributed by atoms with van der Waals surface area (Å²) in [4.78, 5) is 13.9. The first kappa shape index (κ1) is 18.1. The van der Waals surface area contributed by atoms with Gasteiger partial charge < -0.3 is 16.0 Å². The predicted molar refractivity (Wildman–Crippen MR) is 98.2 cm³/mol. The van der Waals surface area contributed by atoms with E-state index in [-0.39, 0.29) is 5.91 Å². The fourth-order valence-electron chi connectivity index (χ4n) is 2.42. The minimum Gasteiger partial charge on any atom is -0.384 e. The van der Waals surface area contributed by atoms with Crippen molar-refractivity contribution in [3.8, 4) is 6.07 Å². The largest absolute Gasteiger partial charge is 0.384 e. The number of halogens is 1. The molecule has 0 bridgehead atoms. The van der Waals surface area contributed by atoms with Crippen LogP contribution in [0.3, 0.4) is 0 Å². The second-order valence-electron chi connectivity index (χ2n) is 5.47. The van der Waals surface area contributed by atoms with Crippen LogP contribution in [0.25, 0.3) is 0 Å². The van der Waals surface area contributed by atoms with Crippen molar-refractivity contribution < 1.29 is 4.79 Å². The molecule has 1 heterocycles. The van der Waals surface area contributed by atoms with Gasteiger partial charge in [-0.15, -0.1) is 11.8 Å². The lowest BCUT2D eigenvalue weighted by atomic mass is 10.1. The summed E-state index contributed by atoms with van der Waals surface area (Å²) < 4.78 is 0.940. The third kappa shape index (κ3) is 5.41. The first-order valence-corrected chi connectivity index (χ1v) is 9.62. The Bertz CT molecular complexity index is 584. The first-order valence-electron chi connectivity index (χ1n) is 7.67. The molecule has 0 spiro atoms. The van der Waals surface area contributed by atoms with E-state index < -0.39 is 6.04 Å². The van der Waals surface area contributed by atoms with E-state index in [0.717, 1.165) is 47.7 Å². The second-order valence-corrected chi connectivity index (χ2v) is 7.46. The minimum absolute atomic E-state index is 0.0710. The quantitative estimate of drug-likeness (QED) is 0.692. The number of anilines is 1. The summed E-state index contributed by atoms with van der Waals surface area (Å²) >= 11 is 5.18. The number of nitrogens with zero attached hydrogens (tertiary/aromatic N) is 2. The molecule has 1 fully saturated rings. The molecule has 1 atom stereocenters. The molecule has 1 aliphatic heterocycles. The Hall–Kier alpha value is -1.23. The molecule has 0 aromatic heterocycles. The maximum absolute atomic E-state index is 12.1. The van der Waals surface area contributed by atoms with Crippen molar-refractivity contribution in [2.45, 2.75) is 25.3 Å². The van der Waals surface area contributed by atoms with Crippen LogP contribution in [0.4, 0.5) is 5.69 Å². The number of carbonyl (C=O) groups excluding carboxylic acids is 1. The summed E-state index contributed by atoms with van der Waals surface area (Å²) in [5, 5.41) is 12.4. The van der Waals surface area contributed by atoms with Crippen molar-refractivity contribution >= 4 is 39.3 Å². The SMILES string of the molecule is N#Cc1ccc(Br)cc1NCCCC[C@H](N)C(=O)N1CCSC1. The highest BCUT2D eigenvalue weighted by atomic mass is 79.9. The molecule has 0 radical (unpaired) electrons. The molecule has 1 aliphatic rings. The Morgan fingerprint density at radius 3 is 3.04 bits per heavy atom. The standard InChI is InChI=1S/C16H21BrN4OS/c17-13-5-4-12(10-18)15(9-13)20-6-2-1-3-14(19)16(22)21-7-8-23-11-21/h4-5,9,14,20H,1-3,6-8,11,19H2/t14-/m0/s1. The highest BCUT2D eigenvalue weighted by Crippen LogP contribution is 2.21. The summed E-state index contributed by atoms with van der Waals surface area (Å²) in [5.74, 6) is 1.85. The third-order valence-electron chi connectivity index (χ3n) is 3.74. The molecular formula is C16H21BrN4OS. The molecule has 0 unspecified atom stereocenters. The third-order valence-corrected chi connectivity index (χ3v) is 5.20. The van der Waals surface area contributed by atoms with Gasteiger partial charge in [0.25, 0.3) is 0 Å². The maximum Gasteiger partial charge on any atom is 0.240 e. The van der Waals surface area contributed by atoms with Crippen LogP contribution in [0.15, 0.2) is 22.7 Å². The van der Waals surface area contributed by atoms with Crippen LogP contribution >= 0.6 is 27.7 Å². The smallest absolute Gasteiger partial charge is 0.240 e. The Kier molecular flexibility index (Phi) is 7.21. The van der Waals surface area contributed by atoms with Crippen LogP contribution in [0, 0.1) is 11.3 Å². The van der Waals surface area contributed by atoms with Crippen molar-refractivity contribution in [2.24, 2.45) is 5.73 Å². The van der Waals surface area contributed by atoms with Crippen molar-refractivity contribution in [1.82, 2.24) is 4.90 Å². The summed E-state index contributed by atoms with van der Waals surface area (Å²) in [6, 6.07) is 7.32. The van der Waals surface area contributed by atoms with Crippen LogP contribution in [0.1, 0.15) is 24.8 Å². The highest BCUT2D eigenvalue weighted by Gasteiger charge is 2.23. The second kappa shape index (κ2) is 9.16. The number of unbranched alkanes of at least 4 members (excludes halogenated alkanes) is 1. The molecule has 0 aliphatic carbocycles. The number of hydrogen-bond donors (Lipinski definition) is 2. The van der Waals surface area contributed by atoms with E-state index in [0.29, 0.717) is 12.0 Å². The Morgan fingerprint density at radius 2 is 2.35 bits per heavy atom. The number of thioether (sulfide) groups is 1. The number of nitrogens with two attached hydrogens (primary N) is 1. The Balaban J connectivity index is 1.68. The molecule has 124 valence electrons. The van der Waals surface area contributed by atoms with Gasteiger partial charge in [-0.2, -0.15) is 5.26 Å². The highest BCUT2D eigenvalue weighted by molar-refractivity contribution is 9.10. The fourth-order valence-corrected chi connectivity index (χ4v) is 3.73. The Labute approximate surface area is 149 Å². The summed E-state index contributed by atoms with van der Waals surface area (Å²) in [5.41, 5.74) is 7.45. The zero-order chi connectivity index (χ0) is 16.7. The van der Waals surface area contributed by atoms with Crippen molar-refractivity contribution in [1.29, 1.82) is 5.26 Å². The average molecular weight is 397 g/mol. The average Bonchev–Trinajstić information content (AvgIpc) is 3.08. The maximum atomic E-state index is 12.1. The van der Waals surface area contributed by atoms with Crippen LogP contribution in [-0.2, 0) is 4.79 Å². The van der Waals surface area contributed by atoms with Crippen LogP contribution in [0.2, 0.25) is 0 Å². The molecule has 3 N–H and O–H groups in total. The number of nitrogens with one attached hydrogen (secondary N) is 1. The van der Waals surface area contributed by atoms with Crippen LogP contribution < -0.4 is 11.1 Å². The number of benzene rings is 1. The van der Waals surface area contributed by atoms with Crippen molar-refractivity contribution in [2.75, 3.05) is 30.0 Å². The van der Waals surface area contributed by atoms with E-state index >= 15 is 0 Å². The predicted octanol–water partition coefficient (Wildman–Crippen LogP) is 2.76. The van der Waals surface area contributed by atoms with E-state index in [1.54, 1.807) is 17.8 Å². The number of hydrogen-bond acceptors (Lipinski definition) is 5. The van der Waals surface area contributed by atoms with Gasteiger partial charge in [0.05, 0.1) is 23.2 Å². The zero-order valence-corrected chi connectivity index (χ0v) is 15.3. The minimum atomic E-state index is -0.394. The zero-order valence-electron chi connectivity index (χ0n) is 12.9. The topological polar surface area (TPSA) is 82.1 Å². The number of nitriles is 1. The molecule has 23 heavy (non-hydrogen) atoms. The number of amides is 1. The molecule has 5 nitrogen and oxygen atoms in total. The van der Waals surface area contributed by atoms with E-state index in [1.165, 1.54) is 0 Å². The summed E-state index contributed by atoms with van der Waals surface area (Å²) in [6.45, 7) is 1.57. The molecule has 0 saturated carbocycles. The number of carbonyl (C=O) groups is 1. The van der Waals surface area contributed by atoms with E-state index in [4.69, 9.17) is 11.0 Å². The van der Waals surface area contributed by atoms with Crippen molar-refractivity contribution in [3.05, 3.63) is 28.2 Å². The lowest BCUT2D eigenvalue weighted by molar-refractivity contribution is -0.131. The van der Waals surface area contributed by atoms with E-state index in [2.05, 4.69) is 27.3 Å². The normalized spacial score (nSPS) is 15.3. The summed E-state index contributed by atoms with van der Waals surface area (Å²) in [6.07, 6.45) is 2.50. The lowest BCUT2D eigenvalue weighted by Crippen LogP contribution is -2.42. The van der Waals surface area contributed by atoms with Crippen molar-refractivity contribution in [3.63, 3.8) is 0 Å². The monoisotopic (exact) mass is 396 g/mol.